The molecule has 1 atom stereocenters. The Kier molecular flexibility index (Phi) is 5.57. The monoisotopic (exact) mass is 408 g/mol. The summed E-state index contributed by atoms with van der Waals surface area (Å²) in [6.07, 6.45) is -3.43. The lowest BCUT2D eigenvalue weighted by atomic mass is 10.0. The van der Waals surface area contributed by atoms with Gasteiger partial charge in [-0.05, 0) is 35.9 Å². The topological polar surface area (TPSA) is 109 Å². The number of carbonyl (C=O) groups is 1. The number of hydrogen-bond donors (Lipinski definition) is 3. The number of hydrogen-bond acceptors (Lipinski definition) is 6. The zero-order valence-corrected chi connectivity index (χ0v) is 14.9. The van der Waals surface area contributed by atoms with Gasteiger partial charge in [0.25, 0.3) is 0 Å². The summed E-state index contributed by atoms with van der Waals surface area (Å²) in [5.74, 6) is -0.889. The van der Waals surface area contributed by atoms with E-state index in [1.54, 1.807) is 0 Å². The minimum absolute atomic E-state index is 0.0375. The highest BCUT2D eigenvalue weighted by Gasteiger charge is 2.31. The summed E-state index contributed by atoms with van der Waals surface area (Å²) < 4.78 is 46.2. The predicted octanol–water partition coefficient (Wildman–Crippen LogP) is 3.61. The van der Waals surface area contributed by atoms with Crippen molar-refractivity contribution in [1.82, 2.24) is 15.2 Å². The molecule has 1 heterocycles. The van der Waals surface area contributed by atoms with E-state index in [1.165, 1.54) is 55.9 Å². The first kappa shape index (κ1) is 20.0. The Morgan fingerprint density at radius 2 is 1.93 bits per heavy atom. The molecule has 152 valence electrons. The second kappa shape index (κ2) is 8.09. The molecule has 0 aliphatic rings. The highest BCUT2D eigenvalue weighted by molar-refractivity contribution is 5.89. The average Bonchev–Trinajstić information content (AvgIpc) is 3.20. The van der Waals surface area contributed by atoms with E-state index in [9.17, 15) is 18.0 Å². The molecule has 1 unspecified atom stereocenters. The molecule has 0 saturated carbocycles. The number of nitrogens with zero attached hydrogens (tertiary/aromatic N) is 2. The fourth-order valence-electron chi connectivity index (χ4n) is 2.62. The summed E-state index contributed by atoms with van der Waals surface area (Å²) in [5, 5.41) is 18.9. The summed E-state index contributed by atoms with van der Waals surface area (Å²) in [6, 6.07) is 8.82. The Morgan fingerprint density at radius 3 is 2.48 bits per heavy atom. The Hall–Kier alpha value is -3.76. The van der Waals surface area contributed by atoms with Crippen LogP contribution >= 0.6 is 0 Å². The number of benzene rings is 2. The van der Waals surface area contributed by atoms with Gasteiger partial charge in [0.05, 0.1) is 18.4 Å². The lowest BCUT2D eigenvalue weighted by molar-refractivity contribution is -0.274. The molecular formula is C18H15F3N4O4. The van der Waals surface area contributed by atoms with Crippen LogP contribution in [0.15, 0.2) is 48.8 Å². The number of rotatable bonds is 7. The zero-order valence-electron chi connectivity index (χ0n) is 14.9. The number of alkyl halides is 3. The van der Waals surface area contributed by atoms with Crippen molar-refractivity contribution >= 4 is 11.7 Å². The van der Waals surface area contributed by atoms with Gasteiger partial charge >= 0.3 is 12.3 Å². The lowest BCUT2D eigenvalue weighted by Gasteiger charge is -2.20. The lowest BCUT2D eigenvalue weighted by Crippen LogP contribution is -2.18. The number of H-pyrrole nitrogens is 1. The molecule has 11 heteroatoms. The van der Waals surface area contributed by atoms with Crippen LogP contribution in [0.25, 0.3) is 0 Å². The zero-order chi connectivity index (χ0) is 21.0. The van der Waals surface area contributed by atoms with E-state index in [4.69, 9.17) is 9.84 Å². The van der Waals surface area contributed by atoms with Crippen LogP contribution in [0, 0.1) is 0 Å². The summed E-state index contributed by atoms with van der Waals surface area (Å²) >= 11 is 0. The number of anilines is 1. The average molecular weight is 408 g/mol. The van der Waals surface area contributed by atoms with Crippen LogP contribution in [0.4, 0.5) is 18.9 Å². The second-order valence-electron chi connectivity index (χ2n) is 5.77. The standard InChI is InChI=1S/C18H15F3N4O4/c1-28-14-8-11(17(26)27)4-7-13(14)24-15(16-22-9-23-25-16)10-2-5-12(6-3-10)29-18(19,20)21/h2-9,15,24H,1H3,(H,26,27)(H,22,23,25). The molecular weight excluding hydrogens is 393 g/mol. The Balaban J connectivity index is 1.93. The number of methoxy groups -OCH3 is 1. The van der Waals surface area contributed by atoms with Crippen molar-refractivity contribution in [3.63, 3.8) is 0 Å². The molecule has 0 fully saturated rings. The quantitative estimate of drug-likeness (QED) is 0.548. The van der Waals surface area contributed by atoms with Crippen molar-refractivity contribution in [3.05, 3.63) is 65.7 Å². The van der Waals surface area contributed by atoms with Gasteiger partial charge in [0.15, 0.2) is 5.82 Å². The van der Waals surface area contributed by atoms with E-state index in [0.717, 1.165) is 0 Å². The summed E-state index contributed by atoms with van der Waals surface area (Å²) in [6.45, 7) is 0. The molecule has 0 bridgehead atoms. The van der Waals surface area contributed by atoms with Crippen LogP contribution in [0.5, 0.6) is 11.5 Å². The van der Waals surface area contributed by atoms with Gasteiger partial charge in [-0.15, -0.1) is 13.2 Å². The van der Waals surface area contributed by atoms with Crippen molar-refractivity contribution < 1.29 is 32.5 Å². The van der Waals surface area contributed by atoms with Gasteiger partial charge in [0.2, 0.25) is 0 Å². The maximum Gasteiger partial charge on any atom is 0.573 e. The van der Waals surface area contributed by atoms with Crippen LogP contribution in [-0.2, 0) is 0 Å². The SMILES string of the molecule is COc1cc(C(=O)O)ccc1NC(c1ccc(OC(F)(F)F)cc1)c1nc[nH]n1. The molecule has 0 aliphatic heterocycles. The van der Waals surface area contributed by atoms with E-state index in [-0.39, 0.29) is 17.1 Å². The highest BCUT2D eigenvalue weighted by Crippen LogP contribution is 2.32. The molecule has 3 N–H and O–H groups in total. The Labute approximate surface area is 162 Å². The van der Waals surface area contributed by atoms with Crippen LogP contribution < -0.4 is 14.8 Å². The van der Waals surface area contributed by atoms with Gasteiger partial charge in [0, 0.05) is 0 Å². The van der Waals surface area contributed by atoms with Gasteiger partial charge in [-0.1, -0.05) is 12.1 Å². The number of carboxylic acids is 1. The Bertz CT molecular complexity index is 976. The number of ether oxygens (including phenoxy) is 2. The molecule has 0 amide bonds. The fourth-order valence-corrected chi connectivity index (χ4v) is 2.62. The van der Waals surface area contributed by atoms with Gasteiger partial charge in [0.1, 0.15) is 23.9 Å². The number of aromatic nitrogens is 3. The van der Waals surface area contributed by atoms with Crippen LogP contribution in [0.2, 0.25) is 0 Å². The minimum Gasteiger partial charge on any atom is -0.495 e. The van der Waals surface area contributed by atoms with Crippen molar-refractivity contribution in [2.24, 2.45) is 0 Å². The molecule has 8 nitrogen and oxygen atoms in total. The highest BCUT2D eigenvalue weighted by atomic mass is 19.4. The molecule has 0 saturated heterocycles. The largest absolute Gasteiger partial charge is 0.573 e. The van der Waals surface area contributed by atoms with E-state index in [2.05, 4.69) is 25.2 Å². The molecule has 2 aromatic carbocycles. The maximum atomic E-state index is 12.4. The van der Waals surface area contributed by atoms with Gasteiger partial charge < -0.3 is 19.9 Å². The third-order valence-electron chi connectivity index (χ3n) is 3.89. The second-order valence-corrected chi connectivity index (χ2v) is 5.77. The molecule has 29 heavy (non-hydrogen) atoms. The Morgan fingerprint density at radius 1 is 1.21 bits per heavy atom. The van der Waals surface area contributed by atoms with E-state index >= 15 is 0 Å². The number of carboxylic acid groups (broad SMARTS) is 1. The van der Waals surface area contributed by atoms with Crippen LogP contribution in [-0.4, -0.2) is 39.7 Å². The summed E-state index contributed by atoms with van der Waals surface area (Å²) in [5.41, 5.74) is 1.03. The first-order chi connectivity index (χ1) is 13.8. The third-order valence-corrected chi connectivity index (χ3v) is 3.89. The van der Waals surface area contributed by atoms with Gasteiger partial charge in [-0.3, -0.25) is 5.10 Å². The first-order valence-corrected chi connectivity index (χ1v) is 8.16. The van der Waals surface area contributed by atoms with Crippen molar-refractivity contribution in [2.75, 3.05) is 12.4 Å². The third kappa shape index (κ3) is 4.94. The molecule has 3 aromatic rings. The minimum atomic E-state index is -4.79. The fraction of sp³-hybridized carbons (Fsp3) is 0.167. The van der Waals surface area contributed by atoms with Crippen molar-refractivity contribution in [3.8, 4) is 11.5 Å². The van der Waals surface area contributed by atoms with Crippen molar-refractivity contribution in [2.45, 2.75) is 12.4 Å². The number of halogens is 3. The van der Waals surface area contributed by atoms with Crippen molar-refractivity contribution in [1.29, 1.82) is 0 Å². The van der Waals surface area contributed by atoms with Crippen LogP contribution in [0.1, 0.15) is 27.8 Å². The first-order valence-electron chi connectivity index (χ1n) is 8.16. The molecule has 3 rings (SSSR count). The number of aromatic carboxylic acids is 1. The molecule has 0 spiro atoms. The smallest absolute Gasteiger partial charge is 0.495 e. The maximum absolute atomic E-state index is 12.4. The number of nitrogens with one attached hydrogen (secondary N) is 2. The van der Waals surface area contributed by atoms with E-state index in [0.29, 0.717) is 17.1 Å². The van der Waals surface area contributed by atoms with Gasteiger partial charge in [-0.25, -0.2) is 9.78 Å². The summed E-state index contributed by atoms with van der Waals surface area (Å²) in [4.78, 5) is 15.2. The van der Waals surface area contributed by atoms with Gasteiger partial charge in [-0.2, -0.15) is 5.10 Å². The molecule has 1 aromatic heterocycles. The molecule has 0 radical (unpaired) electrons. The summed E-state index contributed by atoms with van der Waals surface area (Å²) in [7, 11) is 1.39. The van der Waals surface area contributed by atoms with E-state index < -0.39 is 18.4 Å². The van der Waals surface area contributed by atoms with Crippen LogP contribution in [0.3, 0.4) is 0 Å². The predicted molar refractivity (Wildman–Crippen MR) is 94.9 cm³/mol. The number of aromatic amines is 1. The van der Waals surface area contributed by atoms with E-state index in [1.807, 2.05) is 0 Å². The normalized spacial score (nSPS) is 12.3. The molecule has 0 aliphatic carbocycles.